The van der Waals surface area contributed by atoms with Crippen molar-refractivity contribution in [2.24, 2.45) is 5.10 Å². The van der Waals surface area contributed by atoms with Crippen molar-refractivity contribution in [1.82, 2.24) is 5.43 Å². The maximum atomic E-state index is 11.9. The van der Waals surface area contributed by atoms with Crippen LogP contribution in [0.25, 0.3) is 0 Å². The molecule has 0 aliphatic heterocycles. The van der Waals surface area contributed by atoms with Crippen LogP contribution in [-0.4, -0.2) is 18.2 Å². The van der Waals surface area contributed by atoms with Gasteiger partial charge in [0.25, 0.3) is 5.91 Å². The van der Waals surface area contributed by atoms with Crippen LogP contribution in [0.4, 0.5) is 0 Å². The highest BCUT2D eigenvalue weighted by Crippen LogP contribution is 2.22. The van der Waals surface area contributed by atoms with Gasteiger partial charge in [-0.3, -0.25) is 4.79 Å². The van der Waals surface area contributed by atoms with Gasteiger partial charge in [0.2, 0.25) is 0 Å². The lowest BCUT2D eigenvalue weighted by atomic mass is 10.1. The summed E-state index contributed by atoms with van der Waals surface area (Å²) in [6, 6.07) is 14.2. The van der Waals surface area contributed by atoms with E-state index in [1.54, 1.807) is 0 Å². The largest absolute Gasteiger partial charge is 0.483 e. The quantitative estimate of drug-likeness (QED) is 0.883. The van der Waals surface area contributed by atoms with Gasteiger partial charge in [0.05, 0.1) is 0 Å². The molecule has 23 heavy (non-hydrogen) atoms. The molecule has 1 aliphatic rings. The minimum atomic E-state index is -0.240. The van der Waals surface area contributed by atoms with Crippen LogP contribution < -0.4 is 10.2 Å². The second kappa shape index (κ2) is 6.65. The van der Waals surface area contributed by atoms with E-state index in [0.717, 1.165) is 35.4 Å². The number of benzene rings is 2. The molecule has 0 saturated heterocycles. The first-order valence-electron chi connectivity index (χ1n) is 7.73. The summed E-state index contributed by atoms with van der Waals surface area (Å²) in [5, 5.41) is 4.23. The van der Waals surface area contributed by atoms with Crippen LogP contribution >= 0.6 is 0 Å². The monoisotopic (exact) mass is 308 g/mol. The highest BCUT2D eigenvalue weighted by atomic mass is 16.5. The van der Waals surface area contributed by atoms with Crippen molar-refractivity contribution in [3.8, 4) is 5.75 Å². The summed E-state index contributed by atoms with van der Waals surface area (Å²) in [4.78, 5) is 11.9. The van der Waals surface area contributed by atoms with E-state index in [1.807, 2.05) is 44.2 Å². The van der Waals surface area contributed by atoms with Crippen molar-refractivity contribution < 1.29 is 9.53 Å². The average molecular weight is 308 g/mol. The van der Waals surface area contributed by atoms with Gasteiger partial charge in [0, 0.05) is 18.6 Å². The molecule has 0 saturated carbocycles. The zero-order chi connectivity index (χ0) is 16.2. The van der Waals surface area contributed by atoms with Gasteiger partial charge in [0.15, 0.2) is 6.61 Å². The Kier molecular flexibility index (Phi) is 4.42. The molecule has 3 rings (SSSR count). The SMILES string of the molecule is Cc1cccc(C)c1OCC(=O)NN=C1Cc2ccccc2C1. The molecule has 0 aromatic heterocycles. The molecule has 118 valence electrons. The number of para-hydroxylation sites is 1. The van der Waals surface area contributed by atoms with E-state index in [2.05, 4.69) is 22.7 Å². The van der Waals surface area contributed by atoms with Crippen molar-refractivity contribution in [1.29, 1.82) is 0 Å². The van der Waals surface area contributed by atoms with Crippen LogP contribution in [0.15, 0.2) is 47.6 Å². The Morgan fingerprint density at radius 3 is 2.26 bits per heavy atom. The lowest BCUT2D eigenvalue weighted by molar-refractivity contribution is -0.123. The number of nitrogens with one attached hydrogen (secondary N) is 1. The first-order valence-corrected chi connectivity index (χ1v) is 7.73. The van der Waals surface area contributed by atoms with Gasteiger partial charge in [0.1, 0.15) is 5.75 Å². The van der Waals surface area contributed by atoms with Crippen molar-refractivity contribution in [2.45, 2.75) is 26.7 Å². The smallest absolute Gasteiger partial charge is 0.277 e. The summed E-state index contributed by atoms with van der Waals surface area (Å²) in [5.41, 5.74) is 8.19. The Bertz CT molecular complexity index is 718. The maximum Gasteiger partial charge on any atom is 0.277 e. The first kappa shape index (κ1) is 15.3. The third kappa shape index (κ3) is 3.59. The lowest BCUT2D eigenvalue weighted by Gasteiger charge is -2.10. The van der Waals surface area contributed by atoms with E-state index >= 15 is 0 Å². The highest BCUT2D eigenvalue weighted by Gasteiger charge is 2.16. The van der Waals surface area contributed by atoms with Crippen LogP contribution in [-0.2, 0) is 17.6 Å². The molecule has 0 spiro atoms. The van der Waals surface area contributed by atoms with E-state index in [0.29, 0.717) is 0 Å². The number of hydrogen-bond donors (Lipinski definition) is 1. The van der Waals surface area contributed by atoms with Gasteiger partial charge in [-0.25, -0.2) is 5.43 Å². The fourth-order valence-electron chi connectivity index (χ4n) is 2.82. The molecule has 0 heterocycles. The maximum absolute atomic E-state index is 11.9. The number of hydrazone groups is 1. The first-order chi connectivity index (χ1) is 11.1. The molecule has 0 fully saturated rings. The molecule has 4 nitrogen and oxygen atoms in total. The number of hydrogen-bond acceptors (Lipinski definition) is 3. The Morgan fingerprint density at radius 1 is 1.04 bits per heavy atom. The fourth-order valence-corrected chi connectivity index (χ4v) is 2.82. The normalized spacial score (nSPS) is 12.7. The molecule has 0 bridgehead atoms. The second-order valence-electron chi connectivity index (χ2n) is 5.84. The number of ether oxygens (including phenoxy) is 1. The van der Waals surface area contributed by atoms with Crippen molar-refractivity contribution in [2.75, 3.05) is 6.61 Å². The third-order valence-corrected chi connectivity index (χ3v) is 4.00. The highest BCUT2D eigenvalue weighted by molar-refractivity contribution is 5.93. The Labute approximate surface area is 136 Å². The van der Waals surface area contributed by atoms with E-state index in [4.69, 9.17) is 4.74 Å². The minimum absolute atomic E-state index is 0.0323. The zero-order valence-corrected chi connectivity index (χ0v) is 13.4. The minimum Gasteiger partial charge on any atom is -0.483 e. The molecule has 1 amide bonds. The van der Waals surface area contributed by atoms with Crippen LogP contribution in [0.2, 0.25) is 0 Å². The van der Waals surface area contributed by atoms with Gasteiger partial charge >= 0.3 is 0 Å². The summed E-state index contributed by atoms with van der Waals surface area (Å²) < 4.78 is 5.63. The number of nitrogens with zero attached hydrogens (tertiary/aromatic N) is 1. The van der Waals surface area contributed by atoms with Gasteiger partial charge in [-0.2, -0.15) is 5.10 Å². The summed E-state index contributed by atoms with van der Waals surface area (Å²) in [6.45, 7) is 3.90. The van der Waals surface area contributed by atoms with Gasteiger partial charge in [-0.15, -0.1) is 0 Å². The van der Waals surface area contributed by atoms with Crippen molar-refractivity contribution >= 4 is 11.6 Å². The van der Waals surface area contributed by atoms with Gasteiger partial charge < -0.3 is 4.74 Å². The molecule has 2 aromatic carbocycles. The topological polar surface area (TPSA) is 50.7 Å². The zero-order valence-electron chi connectivity index (χ0n) is 13.4. The molecule has 2 aromatic rings. The van der Waals surface area contributed by atoms with E-state index in [9.17, 15) is 4.79 Å². The molecule has 0 unspecified atom stereocenters. The molecule has 0 atom stereocenters. The van der Waals surface area contributed by atoms with Gasteiger partial charge in [-0.1, -0.05) is 42.5 Å². The fraction of sp³-hybridized carbons (Fsp3) is 0.263. The molecule has 4 heteroatoms. The Morgan fingerprint density at radius 2 is 1.65 bits per heavy atom. The summed E-state index contributed by atoms with van der Waals surface area (Å²) in [7, 11) is 0. The Balaban J connectivity index is 1.54. The van der Waals surface area contributed by atoms with Crippen LogP contribution in [0, 0.1) is 13.8 Å². The Hall–Kier alpha value is -2.62. The molecular weight excluding hydrogens is 288 g/mol. The lowest BCUT2D eigenvalue weighted by Crippen LogP contribution is -2.26. The number of aryl methyl sites for hydroxylation is 2. The van der Waals surface area contributed by atoms with Crippen molar-refractivity contribution in [3.05, 3.63) is 64.7 Å². The van der Waals surface area contributed by atoms with E-state index < -0.39 is 0 Å². The number of carbonyl (C=O) groups is 1. The predicted molar refractivity (Wildman–Crippen MR) is 90.8 cm³/mol. The second-order valence-corrected chi connectivity index (χ2v) is 5.84. The molecular formula is C19H20N2O2. The predicted octanol–water partition coefficient (Wildman–Crippen LogP) is 2.95. The third-order valence-electron chi connectivity index (χ3n) is 4.00. The van der Waals surface area contributed by atoms with Crippen molar-refractivity contribution in [3.63, 3.8) is 0 Å². The average Bonchev–Trinajstić information content (AvgIpc) is 2.95. The summed E-state index contributed by atoms with van der Waals surface area (Å²) >= 11 is 0. The molecule has 1 N–H and O–H groups in total. The van der Waals surface area contributed by atoms with Crippen LogP contribution in [0.1, 0.15) is 22.3 Å². The number of carbonyl (C=O) groups excluding carboxylic acids is 1. The summed E-state index contributed by atoms with van der Waals surface area (Å²) in [6.07, 6.45) is 1.60. The number of fused-ring (bicyclic) bond motifs is 1. The summed E-state index contributed by atoms with van der Waals surface area (Å²) in [5.74, 6) is 0.527. The van der Waals surface area contributed by atoms with E-state index in [1.165, 1.54) is 11.1 Å². The van der Waals surface area contributed by atoms with E-state index in [-0.39, 0.29) is 12.5 Å². The molecule has 0 radical (unpaired) electrons. The number of rotatable bonds is 4. The standard InChI is InChI=1S/C19H20N2O2/c1-13-6-5-7-14(2)19(13)23-12-18(22)21-20-17-10-15-8-3-4-9-16(15)11-17/h3-9H,10-12H2,1-2H3,(H,21,22). The van der Waals surface area contributed by atoms with Crippen LogP contribution in [0.3, 0.4) is 0 Å². The van der Waals surface area contributed by atoms with Crippen LogP contribution in [0.5, 0.6) is 5.75 Å². The number of amides is 1. The van der Waals surface area contributed by atoms with Gasteiger partial charge in [-0.05, 0) is 36.1 Å². The molecule has 1 aliphatic carbocycles.